The largest absolute Gasteiger partial charge is 0.467 e. The van der Waals surface area contributed by atoms with Crippen LogP contribution in [0, 0.1) is 10.1 Å². The van der Waals surface area contributed by atoms with E-state index in [1.165, 1.54) is 7.11 Å². The van der Waals surface area contributed by atoms with Crippen molar-refractivity contribution in [3.63, 3.8) is 0 Å². The zero-order chi connectivity index (χ0) is 22.2. The Balaban J connectivity index is 2.51. The average Bonchev–Trinajstić information content (AvgIpc) is 2.71. The van der Waals surface area contributed by atoms with E-state index in [2.05, 4.69) is 49.8 Å². The van der Waals surface area contributed by atoms with Crippen LogP contribution in [-0.2, 0) is 19.1 Å². The van der Waals surface area contributed by atoms with Crippen molar-refractivity contribution in [1.29, 1.82) is 0 Å². The fourth-order valence-electron chi connectivity index (χ4n) is 3.94. The molecule has 0 N–H and O–H groups in total. The van der Waals surface area contributed by atoms with Crippen molar-refractivity contribution in [2.24, 2.45) is 0 Å². The third kappa shape index (κ3) is 5.67. The highest BCUT2D eigenvalue weighted by molar-refractivity contribution is 7.04. The fraction of sp³-hybridized carbons (Fsp3) is 0.409. The Bertz CT molecular complexity index is 783. The maximum absolute atomic E-state index is 11.4. The Morgan fingerprint density at radius 1 is 1.03 bits per heavy atom. The number of hydrogen-bond acceptors (Lipinski definition) is 6. The summed E-state index contributed by atoms with van der Waals surface area (Å²) in [6, 6.07) is 20.6. The molecule has 0 aromatic heterocycles. The van der Waals surface area contributed by atoms with Gasteiger partial charge in [-0.05, 0) is 11.1 Å². The quantitative estimate of drug-likeness (QED) is 0.249. The summed E-state index contributed by atoms with van der Waals surface area (Å²) in [4.78, 5) is 27.7. The molecule has 2 aromatic carbocycles. The van der Waals surface area contributed by atoms with E-state index in [1.807, 2.05) is 36.4 Å². The van der Waals surface area contributed by atoms with Gasteiger partial charge in [0.1, 0.15) is 20.8 Å². The predicted molar refractivity (Wildman–Crippen MR) is 117 cm³/mol. The minimum atomic E-state index is -2.59. The van der Waals surface area contributed by atoms with Crippen molar-refractivity contribution in [2.45, 2.75) is 38.0 Å². The zero-order valence-electron chi connectivity index (χ0n) is 17.9. The lowest BCUT2D eigenvalue weighted by Crippen LogP contribution is -2.66. The molecule has 0 unspecified atom stereocenters. The van der Waals surface area contributed by atoms with Crippen LogP contribution in [0.5, 0.6) is 0 Å². The molecule has 0 bridgehead atoms. The molecule has 0 saturated carbocycles. The first-order valence-electron chi connectivity index (χ1n) is 9.77. The lowest BCUT2D eigenvalue weighted by Gasteiger charge is -2.45. The summed E-state index contributed by atoms with van der Waals surface area (Å²) in [5, 5.41) is 12.6. The number of benzene rings is 2. The first-order chi connectivity index (χ1) is 14.2. The molecule has 2 aromatic rings. The Morgan fingerprint density at radius 3 is 1.93 bits per heavy atom. The van der Waals surface area contributed by atoms with Crippen LogP contribution >= 0.6 is 0 Å². The second-order valence-electron chi connectivity index (χ2n) is 8.13. The van der Waals surface area contributed by atoms with Crippen molar-refractivity contribution < 1.29 is 24.2 Å². The maximum atomic E-state index is 11.4. The van der Waals surface area contributed by atoms with E-state index >= 15 is 0 Å². The highest BCUT2D eigenvalue weighted by Gasteiger charge is 2.49. The molecular formula is C22H29NO6Si. The van der Waals surface area contributed by atoms with Gasteiger partial charge in [-0.3, -0.25) is 0 Å². The monoisotopic (exact) mass is 431 g/mol. The second-order valence-corrected chi connectivity index (χ2v) is 13.0. The Labute approximate surface area is 178 Å². The standard InChI is InChI=1S/C22H29NO6Si/c1-22(2,3)30(19-11-7-5-8-12-19,20-13-9-6-10-14-20)17-18(29-23(25)26)15-28-16-21(24)27-4/h5-14,18H,15-17H2,1-4H3/t18-/m0/s1. The zero-order valence-corrected chi connectivity index (χ0v) is 18.9. The Hall–Kier alpha value is -2.71. The Kier molecular flexibility index (Phi) is 8.13. The fourth-order valence-corrected chi connectivity index (χ4v) is 9.49. The molecule has 7 nitrogen and oxygen atoms in total. The lowest BCUT2D eigenvalue weighted by molar-refractivity contribution is -0.768. The Morgan fingerprint density at radius 2 is 1.53 bits per heavy atom. The second kappa shape index (κ2) is 10.4. The molecule has 1 atom stereocenters. The number of carbonyl (C=O) groups excluding carboxylic acids is 1. The smallest absolute Gasteiger partial charge is 0.331 e. The molecule has 8 heteroatoms. The third-order valence-corrected chi connectivity index (χ3v) is 11.6. The van der Waals surface area contributed by atoms with Gasteiger partial charge < -0.3 is 14.3 Å². The maximum Gasteiger partial charge on any atom is 0.331 e. The van der Waals surface area contributed by atoms with Gasteiger partial charge in [0, 0.05) is 0 Å². The summed E-state index contributed by atoms with van der Waals surface area (Å²) in [7, 11) is -1.33. The van der Waals surface area contributed by atoms with Gasteiger partial charge >= 0.3 is 5.97 Å². The number of rotatable bonds is 10. The number of carbonyl (C=O) groups is 1. The summed E-state index contributed by atoms with van der Waals surface area (Å²) < 4.78 is 9.97. The van der Waals surface area contributed by atoms with Gasteiger partial charge in [-0.25, -0.2) is 4.79 Å². The average molecular weight is 432 g/mol. The van der Waals surface area contributed by atoms with E-state index in [-0.39, 0.29) is 18.3 Å². The van der Waals surface area contributed by atoms with Gasteiger partial charge in [-0.2, -0.15) is 0 Å². The van der Waals surface area contributed by atoms with Gasteiger partial charge in [-0.15, -0.1) is 10.1 Å². The number of nitrogens with zero attached hydrogens (tertiary/aromatic N) is 1. The molecule has 162 valence electrons. The van der Waals surface area contributed by atoms with E-state index in [0.29, 0.717) is 6.04 Å². The molecule has 0 radical (unpaired) electrons. The summed E-state index contributed by atoms with van der Waals surface area (Å²) in [5.41, 5.74) is 0. The first-order valence-corrected chi connectivity index (χ1v) is 12.0. The lowest BCUT2D eigenvalue weighted by atomic mass is 10.2. The number of ether oxygens (including phenoxy) is 2. The highest BCUT2D eigenvalue weighted by Crippen LogP contribution is 2.39. The van der Waals surface area contributed by atoms with Crippen LogP contribution in [0.25, 0.3) is 0 Å². The van der Waals surface area contributed by atoms with E-state index < -0.39 is 25.2 Å². The molecule has 0 heterocycles. The van der Waals surface area contributed by atoms with Crippen molar-refractivity contribution in [1.82, 2.24) is 0 Å². The predicted octanol–water partition coefficient (Wildman–Crippen LogP) is 2.82. The molecule has 0 aliphatic heterocycles. The van der Waals surface area contributed by atoms with Crippen LogP contribution in [0.3, 0.4) is 0 Å². The first kappa shape index (κ1) is 23.6. The van der Waals surface area contributed by atoms with Crippen LogP contribution in [-0.4, -0.2) is 45.6 Å². The van der Waals surface area contributed by atoms with Crippen LogP contribution < -0.4 is 10.4 Å². The van der Waals surface area contributed by atoms with Crippen LogP contribution in [0.2, 0.25) is 11.1 Å². The van der Waals surface area contributed by atoms with Gasteiger partial charge in [0.05, 0.1) is 13.7 Å². The van der Waals surface area contributed by atoms with Crippen molar-refractivity contribution in [3.05, 3.63) is 70.8 Å². The van der Waals surface area contributed by atoms with Gasteiger partial charge in [0.25, 0.3) is 5.09 Å². The molecule has 0 aliphatic carbocycles. The molecular weight excluding hydrogens is 402 g/mol. The molecule has 0 saturated heterocycles. The third-order valence-electron chi connectivity index (χ3n) is 5.33. The summed E-state index contributed by atoms with van der Waals surface area (Å²) >= 11 is 0. The van der Waals surface area contributed by atoms with Crippen LogP contribution in [0.1, 0.15) is 20.8 Å². The minimum Gasteiger partial charge on any atom is -0.467 e. The molecule has 0 spiro atoms. The number of methoxy groups -OCH3 is 1. The van der Waals surface area contributed by atoms with Crippen LogP contribution in [0.15, 0.2) is 60.7 Å². The SMILES string of the molecule is COC(=O)COC[C@@H](C[Si](c1ccccc1)(c1ccccc1)C(C)(C)C)O[N+](=O)[O-]. The van der Waals surface area contributed by atoms with Gasteiger partial charge in [-0.1, -0.05) is 91.8 Å². The van der Waals surface area contributed by atoms with E-state index in [9.17, 15) is 14.9 Å². The van der Waals surface area contributed by atoms with Crippen molar-refractivity contribution in [3.8, 4) is 0 Å². The summed E-state index contributed by atoms with van der Waals surface area (Å²) in [6.07, 6.45) is -0.823. The van der Waals surface area contributed by atoms with E-state index in [1.54, 1.807) is 0 Å². The summed E-state index contributed by atoms with van der Waals surface area (Å²) in [5.74, 6) is -0.541. The van der Waals surface area contributed by atoms with Crippen molar-refractivity contribution >= 4 is 24.4 Å². The number of esters is 1. The minimum absolute atomic E-state index is 0.0828. The van der Waals surface area contributed by atoms with Crippen molar-refractivity contribution in [2.75, 3.05) is 20.3 Å². The highest BCUT2D eigenvalue weighted by atomic mass is 28.3. The molecule has 2 rings (SSSR count). The van der Waals surface area contributed by atoms with Gasteiger partial charge in [0.2, 0.25) is 0 Å². The number of hydrogen-bond donors (Lipinski definition) is 0. The molecule has 0 aliphatic rings. The summed E-state index contributed by atoms with van der Waals surface area (Å²) in [6.45, 7) is 6.13. The molecule has 0 fully saturated rings. The van der Waals surface area contributed by atoms with E-state index in [4.69, 9.17) is 9.57 Å². The van der Waals surface area contributed by atoms with E-state index in [0.717, 1.165) is 10.4 Å². The molecule has 0 amide bonds. The normalized spacial score (nSPS) is 12.8. The van der Waals surface area contributed by atoms with Crippen LogP contribution in [0.4, 0.5) is 0 Å². The van der Waals surface area contributed by atoms with Gasteiger partial charge in [0.15, 0.2) is 0 Å². The molecule has 30 heavy (non-hydrogen) atoms. The topological polar surface area (TPSA) is 87.9 Å².